The van der Waals surface area contributed by atoms with Gasteiger partial charge in [0.1, 0.15) is 0 Å². The molecule has 1 saturated carbocycles. The number of hydrogen-bond acceptors (Lipinski definition) is 3. The van der Waals surface area contributed by atoms with Gasteiger partial charge in [0.25, 0.3) is 0 Å². The van der Waals surface area contributed by atoms with Crippen LogP contribution in [0, 0.1) is 5.92 Å². The Balaban J connectivity index is 1.76. The van der Waals surface area contributed by atoms with Crippen LogP contribution in [0.15, 0.2) is 29.2 Å². The van der Waals surface area contributed by atoms with Crippen LogP contribution in [-0.4, -0.2) is 45.7 Å². The molecule has 0 radical (unpaired) electrons. The van der Waals surface area contributed by atoms with Crippen molar-refractivity contribution >= 4 is 15.9 Å². The van der Waals surface area contributed by atoms with E-state index in [1.807, 2.05) is 7.05 Å². The largest absolute Gasteiger partial charge is 0.338 e. The van der Waals surface area contributed by atoms with E-state index in [9.17, 15) is 13.2 Å². The van der Waals surface area contributed by atoms with Crippen molar-refractivity contribution in [3.05, 3.63) is 29.8 Å². The first-order valence-corrected chi connectivity index (χ1v) is 9.03. The van der Waals surface area contributed by atoms with Crippen LogP contribution in [0.4, 0.5) is 4.79 Å². The third-order valence-electron chi connectivity index (χ3n) is 3.62. The van der Waals surface area contributed by atoms with Crippen molar-refractivity contribution in [1.82, 2.24) is 10.2 Å². The quantitative estimate of drug-likeness (QED) is 0.869. The fourth-order valence-corrected chi connectivity index (χ4v) is 2.75. The molecule has 0 spiro atoms. The third kappa shape index (κ3) is 5.04. The van der Waals surface area contributed by atoms with Gasteiger partial charge in [-0.25, -0.2) is 13.2 Å². The average molecular weight is 310 g/mol. The molecule has 0 unspecified atom stereocenters. The highest BCUT2D eigenvalue weighted by Gasteiger charge is 2.24. The summed E-state index contributed by atoms with van der Waals surface area (Å²) >= 11 is 0. The van der Waals surface area contributed by atoms with Gasteiger partial charge in [0.15, 0.2) is 9.84 Å². The van der Waals surface area contributed by atoms with E-state index in [0.717, 1.165) is 12.1 Å². The summed E-state index contributed by atoms with van der Waals surface area (Å²) in [4.78, 5) is 13.9. The van der Waals surface area contributed by atoms with Crippen LogP contribution in [0.3, 0.4) is 0 Å². The number of benzene rings is 1. The monoisotopic (exact) mass is 310 g/mol. The van der Waals surface area contributed by atoms with Crippen molar-refractivity contribution in [2.24, 2.45) is 5.92 Å². The number of amides is 2. The Kier molecular flexibility index (Phi) is 4.88. The number of sulfone groups is 1. The molecule has 0 bridgehead atoms. The molecule has 0 atom stereocenters. The SMILES string of the molecule is CN(CC1CC1)C(=O)NCCc1ccc(S(C)(=O)=O)cc1. The minimum Gasteiger partial charge on any atom is -0.338 e. The predicted molar refractivity (Wildman–Crippen MR) is 82.0 cm³/mol. The van der Waals surface area contributed by atoms with Gasteiger partial charge in [-0.2, -0.15) is 0 Å². The van der Waals surface area contributed by atoms with E-state index in [0.29, 0.717) is 23.8 Å². The van der Waals surface area contributed by atoms with Crippen molar-refractivity contribution < 1.29 is 13.2 Å². The molecule has 1 aromatic carbocycles. The number of nitrogens with one attached hydrogen (secondary N) is 1. The van der Waals surface area contributed by atoms with Crippen LogP contribution in [-0.2, 0) is 16.3 Å². The first-order chi connectivity index (χ1) is 9.86. The number of carbonyl (C=O) groups excluding carboxylic acids is 1. The van der Waals surface area contributed by atoms with Gasteiger partial charge in [-0.3, -0.25) is 0 Å². The number of nitrogens with zero attached hydrogens (tertiary/aromatic N) is 1. The van der Waals surface area contributed by atoms with Crippen LogP contribution in [0.2, 0.25) is 0 Å². The fourth-order valence-electron chi connectivity index (χ4n) is 2.12. The molecule has 116 valence electrons. The van der Waals surface area contributed by atoms with E-state index in [-0.39, 0.29) is 6.03 Å². The molecule has 0 saturated heterocycles. The predicted octanol–water partition coefficient (Wildman–Crippen LogP) is 1.68. The number of rotatable bonds is 6. The van der Waals surface area contributed by atoms with Crippen molar-refractivity contribution in [3.8, 4) is 0 Å². The maximum atomic E-state index is 11.8. The van der Waals surface area contributed by atoms with Crippen LogP contribution >= 0.6 is 0 Å². The van der Waals surface area contributed by atoms with Crippen molar-refractivity contribution in [2.45, 2.75) is 24.2 Å². The standard InChI is InChI=1S/C15H22N2O3S/c1-17(11-13-3-4-13)15(18)16-10-9-12-5-7-14(8-6-12)21(2,19)20/h5-8,13H,3-4,9-11H2,1-2H3,(H,16,18). The highest BCUT2D eigenvalue weighted by atomic mass is 32.2. The molecular weight excluding hydrogens is 288 g/mol. The smallest absolute Gasteiger partial charge is 0.317 e. The van der Waals surface area contributed by atoms with Gasteiger partial charge in [-0.1, -0.05) is 12.1 Å². The number of carbonyl (C=O) groups is 1. The highest BCUT2D eigenvalue weighted by molar-refractivity contribution is 7.90. The molecule has 1 N–H and O–H groups in total. The zero-order valence-corrected chi connectivity index (χ0v) is 13.3. The lowest BCUT2D eigenvalue weighted by Gasteiger charge is -2.17. The van der Waals surface area contributed by atoms with Crippen molar-refractivity contribution in [2.75, 3.05) is 26.4 Å². The molecular formula is C15H22N2O3S. The first-order valence-electron chi connectivity index (χ1n) is 7.14. The minimum atomic E-state index is -3.15. The van der Waals surface area contributed by atoms with Gasteiger partial charge in [0.05, 0.1) is 4.90 Å². The lowest BCUT2D eigenvalue weighted by molar-refractivity contribution is 0.207. The van der Waals surface area contributed by atoms with Crippen molar-refractivity contribution in [1.29, 1.82) is 0 Å². The average Bonchev–Trinajstić information content (AvgIpc) is 3.22. The molecule has 0 heterocycles. The summed E-state index contributed by atoms with van der Waals surface area (Å²) in [6, 6.07) is 6.74. The van der Waals surface area contributed by atoms with Crippen LogP contribution in [0.1, 0.15) is 18.4 Å². The molecule has 5 nitrogen and oxygen atoms in total. The Labute approximate surface area is 126 Å². The second-order valence-electron chi connectivity index (χ2n) is 5.72. The van der Waals surface area contributed by atoms with Gasteiger partial charge in [-0.05, 0) is 42.9 Å². The normalized spacial score (nSPS) is 14.8. The molecule has 1 fully saturated rings. The zero-order valence-electron chi connectivity index (χ0n) is 12.5. The Bertz CT molecular complexity index is 592. The fraction of sp³-hybridized carbons (Fsp3) is 0.533. The summed E-state index contributed by atoms with van der Waals surface area (Å²) in [6.07, 6.45) is 4.33. The second kappa shape index (κ2) is 6.47. The summed E-state index contributed by atoms with van der Waals surface area (Å²) in [5, 5.41) is 2.88. The third-order valence-corrected chi connectivity index (χ3v) is 4.75. The van der Waals surface area contributed by atoms with E-state index >= 15 is 0 Å². The van der Waals surface area contributed by atoms with E-state index < -0.39 is 9.84 Å². The second-order valence-corrected chi connectivity index (χ2v) is 7.74. The van der Waals surface area contributed by atoms with E-state index in [4.69, 9.17) is 0 Å². The molecule has 2 amide bonds. The van der Waals surface area contributed by atoms with E-state index in [1.54, 1.807) is 29.2 Å². The molecule has 6 heteroatoms. The Morgan fingerprint density at radius 1 is 1.29 bits per heavy atom. The van der Waals surface area contributed by atoms with Crippen LogP contribution in [0.5, 0.6) is 0 Å². The summed E-state index contributed by atoms with van der Waals surface area (Å²) in [6.45, 7) is 1.38. The zero-order chi connectivity index (χ0) is 15.5. The molecule has 2 rings (SSSR count). The summed E-state index contributed by atoms with van der Waals surface area (Å²) in [7, 11) is -1.33. The Morgan fingerprint density at radius 3 is 2.43 bits per heavy atom. The van der Waals surface area contributed by atoms with Gasteiger partial charge in [-0.15, -0.1) is 0 Å². The molecule has 0 aromatic heterocycles. The van der Waals surface area contributed by atoms with Crippen LogP contribution in [0.25, 0.3) is 0 Å². The lowest BCUT2D eigenvalue weighted by atomic mass is 10.1. The van der Waals surface area contributed by atoms with E-state index in [2.05, 4.69) is 5.32 Å². The summed E-state index contributed by atoms with van der Waals surface area (Å²) in [5.74, 6) is 0.685. The van der Waals surface area contributed by atoms with Crippen LogP contribution < -0.4 is 5.32 Å². The number of urea groups is 1. The molecule has 0 aliphatic heterocycles. The number of hydrogen-bond donors (Lipinski definition) is 1. The van der Waals surface area contributed by atoms with Crippen molar-refractivity contribution in [3.63, 3.8) is 0 Å². The van der Waals surface area contributed by atoms with Gasteiger partial charge >= 0.3 is 6.03 Å². The molecule has 1 aromatic rings. The summed E-state index contributed by atoms with van der Waals surface area (Å²) < 4.78 is 22.7. The van der Waals surface area contributed by atoms with Gasteiger partial charge in [0.2, 0.25) is 0 Å². The van der Waals surface area contributed by atoms with Gasteiger partial charge in [0, 0.05) is 26.4 Å². The minimum absolute atomic E-state index is 0.0466. The maximum absolute atomic E-state index is 11.8. The topological polar surface area (TPSA) is 66.5 Å². The maximum Gasteiger partial charge on any atom is 0.317 e. The molecule has 1 aliphatic carbocycles. The van der Waals surface area contributed by atoms with E-state index in [1.165, 1.54) is 19.1 Å². The Hall–Kier alpha value is -1.56. The lowest BCUT2D eigenvalue weighted by Crippen LogP contribution is -2.39. The van der Waals surface area contributed by atoms with Gasteiger partial charge < -0.3 is 10.2 Å². The first kappa shape index (κ1) is 15.8. The molecule has 21 heavy (non-hydrogen) atoms. The Morgan fingerprint density at radius 2 is 1.90 bits per heavy atom. The molecule has 1 aliphatic rings. The summed E-state index contributed by atoms with van der Waals surface area (Å²) in [5.41, 5.74) is 1.01. The highest BCUT2D eigenvalue weighted by Crippen LogP contribution is 2.29.